The second-order valence-electron chi connectivity index (χ2n) is 4.49. The summed E-state index contributed by atoms with van der Waals surface area (Å²) >= 11 is 5.44. The zero-order chi connectivity index (χ0) is 13.9. The second kappa shape index (κ2) is 5.97. The molecule has 3 heterocycles. The molecule has 3 rings (SSSR count). The van der Waals surface area contributed by atoms with Gasteiger partial charge in [0.1, 0.15) is 0 Å². The van der Waals surface area contributed by atoms with Gasteiger partial charge in [-0.25, -0.2) is 0 Å². The Kier molecular flexibility index (Phi) is 4.07. The van der Waals surface area contributed by atoms with Gasteiger partial charge in [0, 0.05) is 24.4 Å². The number of hydrogen-bond acceptors (Lipinski definition) is 3. The maximum Gasteiger partial charge on any atom is 0.0772 e. The molecule has 0 saturated carbocycles. The number of aryl methyl sites for hydroxylation is 1. The van der Waals surface area contributed by atoms with E-state index in [2.05, 4.69) is 43.2 Å². The summed E-state index contributed by atoms with van der Waals surface area (Å²) in [7, 11) is 0. The van der Waals surface area contributed by atoms with Crippen LogP contribution in [0.1, 0.15) is 23.1 Å². The second-order valence-corrected chi connectivity index (χ2v) is 7.82. The third kappa shape index (κ3) is 2.73. The molecule has 0 amide bonds. The monoisotopic (exact) mass is 314 g/mol. The van der Waals surface area contributed by atoms with E-state index in [-0.39, 0.29) is 0 Å². The van der Waals surface area contributed by atoms with Gasteiger partial charge in [-0.05, 0) is 42.8 Å². The SMILES string of the molecule is C#Cc1ccc(-c2ccc(-c3ccc(CCC)s3)s2)s1. The lowest BCUT2D eigenvalue weighted by Crippen LogP contribution is -1.71. The van der Waals surface area contributed by atoms with E-state index < -0.39 is 0 Å². The Morgan fingerprint density at radius 2 is 1.45 bits per heavy atom. The highest BCUT2D eigenvalue weighted by atomic mass is 32.1. The molecule has 0 aliphatic heterocycles. The molecule has 0 spiro atoms. The minimum Gasteiger partial charge on any atom is -0.139 e. The summed E-state index contributed by atoms with van der Waals surface area (Å²) < 4.78 is 0. The Balaban J connectivity index is 1.87. The van der Waals surface area contributed by atoms with Crippen molar-refractivity contribution in [2.75, 3.05) is 0 Å². The van der Waals surface area contributed by atoms with Gasteiger partial charge >= 0.3 is 0 Å². The lowest BCUT2D eigenvalue weighted by molar-refractivity contribution is 0.940. The Morgan fingerprint density at radius 1 is 0.850 bits per heavy atom. The summed E-state index contributed by atoms with van der Waals surface area (Å²) in [6.07, 6.45) is 7.82. The van der Waals surface area contributed by atoms with Crippen molar-refractivity contribution in [2.45, 2.75) is 19.8 Å². The fourth-order valence-corrected chi connectivity index (χ4v) is 5.15. The van der Waals surface area contributed by atoms with Crippen molar-refractivity contribution in [3.8, 4) is 31.9 Å². The maximum atomic E-state index is 5.43. The average Bonchev–Trinajstić information content (AvgIpc) is 3.18. The van der Waals surface area contributed by atoms with Crippen LogP contribution in [-0.4, -0.2) is 0 Å². The first-order valence-electron chi connectivity index (χ1n) is 6.56. The maximum absolute atomic E-state index is 5.43. The van der Waals surface area contributed by atoms with Crippen molar-refractivity contribution in [3.05, 3.63) is 46.2 Å². The predicted octanol–water partition coefficient (Wildman–Crippen LogP) is 6.14. The predicted molar refractivity (Wildman–Crippen MR) is 92.9 cm³/mol. The van der Waals surface area contributed by atoms with E-state index in [0.717, 1.165) is 4.88 Å². The van der Waals surface area contributed by atoms with E-state index in [1.54, 1.807) is 11.3 Å². The van der Waals surface area contributed by atoms with Crippen molar-refractivity contribution >= 4 is 34.0 Å². The molecule has 0 unspecified atom stereocenters. The third-order valence-corrected chi connectivity index (χ3v) is 6.64. The first-order valence-corrected chi connectivity index (χ1v) is 9.01. The van der Waals surface area contributed by atoms with Crippen molar-refractivity contribution in [3.63, 3.8) is 0 Å². The van der Waals surface area contributed by atoms with Crippen LogP contribution in [0.25, 0.3) is 19.5 Å². The van der Waals surface area contributed by atoms with E-state index >= 15 is 0 Å². The largest absolute Gasteiger partial charge is 0.139 e. The van der Waals surface area contributed by atoms with Crippen molar-refractivity contribution in [2.24, 2.45) is 0 Å². The Bertz CT molecular complexity index is 749. The van der Waals surface area contributed by atoms with Gasteiger partial charge in [-0.15, -0.1) is 40.4 Å². The van der Waals surface area contributed by atoms with Gasteiger partial charge in [-0.1, -0.05) is 19.3 Å². The fraction of sp³-hybridized carbons (Fsp3) is 0.176. The third-order valence-electron chi connectivity index (χ3n) is 3.00. The van der Waals surface area contributed by atoms with Crippen LogP contribution in [0, 0.1) is 12.3 Å². The molecule has 0 nitrogen and oxygen atoms in total. The molecule has 0 bridgehead atoms. The van der Waals surface area contributed by atoms with Gasteiger partial charge in [0.15, 0.2) is 0 Å². The molecule has 0 aliphatic carbocycles. The minimum atomic E-state index is 0.997. The molecule has 3 aromatic rings. The van der Waals surface area contributed by atoms with Crippen LogP contribution in [-0.2, 0) is 6.42 Å². The zero-order valence-electron chi connectivity index (χ0n) is 11.2. The first kappa shape index (κ1) is 13.6. The molecule has 100 valence electrons. The van der Waals surface area contributed by atoms with Crippen molar-refractivity contribution in [1.82, 2.24) is 0 Å². The van der Waals surface area contributed by atoms with Crippen molar-refractivity contribution < 1.29 is 0 Å². The summed E-state index contributed by atoms with van der Waals surface area (Å²) in [5, 5.41) is 0. The number of terminal acetylenes is 1. The van der Waals surface area contributed by atoms with Gasteiger partial charge in [-0.3, -0.25) is 0 Å². The van der Waals surface area contributed by atoms with Gasteiger partial charge in [0.2, 0.25) is 0 Å². The van der Waals surface area contributed by atoms with E-state index in [9.17, 15) is 0 Å². The molecule has 3 aromatic heterocycles. The molecule has 3 heteroatoms. The summed E-state index contributed by atoms with van der Waals surface area (Å²) in [6, 6.07) is 13.1. The van der Waals surface area contributed by atoms with Gasteiger partial charge < -0.3 is 0 Å². The normalized spacial score (nSPS) is 10.6. The molecule has 0 N–H and O–H groups in total. The highest BCUT2D eigenvalue weighted by Crippen LogP contribution is 2.39. The molecule has 0 fully saturated rings. The van der Waals surface area contributed by atoms with Gasteiger partial charge in [0.25, 0.3) is 0 Å². The van der Waals surface area contributed by atoms with E-state index in [1.165, 1.54) is 37.2 Å². The van der Waals surface area contributed by atoms with Crippen LogP contribution in [0.15, 0.2) is 36.4 Å². The standard InChI is InChI=1S/C17H14S3/c1-3-5-13-7-9-15(19-13)17-11-10-16(20-17)14-8-6-12(4-2)18-14/h2,6-11H,3,5H2,1H3. The number of thiophene rings is 3. The summed E-state index contributed by atoms with van der Waals surface area (Å²) in [4.78, 5) is 7.76. The average molecular weight is 314 g/mol. The Hall–Kier alpha value is -1.34. The lowest BCUT2D eigenvalue weighted by Gasteiger charge is -1.91. The topological polar surface area (TPSA) is 0 Å². The number of rotatable bonds is 4. The molecular weight excluding hydrogens is 300 g/mol. The van der Waals surface area contributed by atoms with E-state index in [4.69, 9.17) is 6.42 Å². The first-order chi connectivity index (χ1) is 9.80. The molecule has 0 saturated heterocycles. The quantitative estimate of drug-likeness (QED) is 0.507. The lowest BCUT2D eigenvalue weighted by atomic mass is 10.3. The molecule has 0 aliphatic rings. The summed E-state index contributed by atoms with van der Waals surface area (Å²) in [5.41, 5.74) is 0. The van der Waals surface area contributed by atoms with Crippen LogP contribution >= 0.6 is 34.0 Å². The van der Waals surface area contributed by atoms with Crippen molar-refractivity contribution in [1.29, 1.82) is 0 Å². The Morgan fingerprint density at radius 3 is 2.10 bits per heavy atom. The van der Waals surface area contributed by atoms with Crippen LogP contribution < -0.4 is 0 Å². The van der Waals surface area contributed by atoms with Crippen LogP contribution in [0.5, 0.6) is 0 Å². The molecular formula is C17H14S3. The smallest absolute Gasteiger partial charge is 0.0772 e. The van der Waals surface area contributed by atoms with E-state index in [0.29, 0.717) is 0 Å². The highest BCUT2D eigenvalue weighted by Gasteiger charge is 2.09. The van der Waals surface area contributed by atoms with Crippen LogP contribution in [0.3, 0.4) is 0 Å². The fourth-order valence-electron chi connectivity index (χ4n) is 2.04. The Labute approximate surface area is 131 Å². The van der Waals surface area contributed by atoms with Gasteiger partial charge in [-0.2, -0.15) is 0 Å². The van der Waals surface area contributed by atoms with Gasteiger partial charge in [0.05, 0.1) is 4.88 Å². The molecule has 0 atom stereocenters. The summed E-state index contributed by atoms with van der Waals surface area (Å²) in [6.45, 7) is 2.22. The molecule has 0 aromatic carbocycles. The van der Waals surface area contributed by atoms with Crippen LogP contribution in [0.2, 0.25) is 0 Å². The molecule has 0 radical (unpaired) electrons. The minimum absolute atomic E-state index is 0.997. The molecule has 20 heavy (non-hydrogen) atoms. The zero-order valence-corrected chi connectivity index (χ0v) is 13.6. The van der Waals surface area contributed by atoms with E-state index in [1.807, 2.05) is 28.7 Å². The summed E-state index contributed by atoms with van der Waals surface area (Å²) in [5.74, 6) is 2.70. The highest BCUT2D eigenvalue weighted by molar-refractivity contribution is 7.26. The van der Waals surface area contributed by atoms with Crippen LogP contribution in [0.4, 0.5) is 0 Å². The number of hydrogen-bond donors (Lipinski definition) is 0.